The average Bonchev–Trinajstić information content (AvgIpc) is 3.09. The van der Waals surface area contributed by atoms with Crippen LogP contribution < -0.4 is 10.1 Å². The second-order valence-corrected chi connectivity index (χ2v) is 5.43. The molecule has 3 aromatic rings. The maximum absolute atomic E-state index is 12.3. The Bertz CT molecular complexity index is 895. The topological polar surface area (TPSA) is 92.3 Å². The van der Waals surface area contributed by atoms with Crippen molar-refractivity contribution in [3.05, 3.63) is 60.2 Å². The number of carbonyl (C=O) groups is 1. The van der Waals surface area contributed by atoms with E-state index >= 15 is 0 Å². The van der Waals surface area contributed by atoms with Crippen LogP contribution in [-0.2, 0) is 6.54 Å². The van der Waals surface area contributed by atoms with Crippen LogP contribution >= 0.6 is 0 Å². The van der Waals surface area contributed by atoms with Gasteiger partial charge in [-0.1, -0.05) is 19.1 Å². The lowest BCUT2D eigenvalue weighted by Gasteiger charge is -2.11. The Morgan fingerprint density at radius 2 is 2.32 bits per heavy atom. The van der Waals surface area contributed by atoms with Crippen molar-refractivity contribution in [1.29, 1.82) is 5.26 Å². The predicted molar refractivity (Wildman–Crippen MR) is 90.9 cm³/mol. The summed E-state index contributed by atoms with van der Waals surface area (Å²) in [4.78, 5) is 20.5. The van der Waals surface area contributed by atoms with Gasteiger partial charge in [0.05, 0.1) is 0 Å². The van der Waals surface area contributed by atoms with E-state index in [0.717, 1.165) is 5.56 Å². The van der Waals surface area contributed by atoms with Crippen molar-refractivity contribution in [2.24, 2.45) is 0 Å². The van der Waals surface area contributed by atoms with Crippen molar-refractivity contribution in [2.45, 2.75) is 26.0 Å². The first-order chi connectivity index (χ1) is 12.2. The molecule has 0 fully saturated rings. The molecule has 7 heteroatoms. The summed E-state index contributed by atoms with van der Waals surface area (Å²) in [5, 5.41) is 11.8. The summed E-state index contributed by atoms with van der Waals surface area (Å²) in [6.45, 7) is 2.22. The lowest BCUT2D eigenvalue weighted by molar-refractivity contribution is 0.0946. The van der Waals surface area contributed by atoms with Gasteiger partial charge in [0, 0.05) is 25.1 Å². The van der Waals surface area contributed by atoms with E-state index in [4.69, 9.17) is 10.00 Å². The SMILES string of the molecule is CCC(C#N)Oc1cccc(CNC(=O)c2cn3cccnc3n2)c1. The van der Waals surface area contributed by atoms with E-state index in [2.05, 4.69) is 21.4 Å². The molecule has 25 heavy (non-hydrogen) atoms. The molecule has 0 saturated carbocycles. The van der Waals surface area contributed by atoms with Crippen LogP contribution in [0, 0.1) is 11.3 Å². The van der Waals surface area contributed by atoms with Gasteiger partial charge >= 0.3 is 0 Å². The highest BCUT2D eigenvalue weighted by Crippen LogP contribution is 2.16. The van der Waals surface area contributed by atoms with Crippen LogP contribution in [0.1, 0.15) is 29.4 Å². The van der Waals surface area contributed by atoms with Crippen LogP contribution in [0.4, 0.5) is 0 Å². The normalized spacial score (nSPS) is 11.7. The minimum absolute atomic E-state index is 0.278. The number of ether oxygens (including phenoxy) is 1. The molecule has 0 aliphatic rings. The molecular formula is C18H17N5O2. The second-order valence-electron chi connectivity index (χ2n) is 5.43. The van der Waals surface area contributed by atoms with E-state index in [1.165, 1.54) is 0 Å². The zero-order valence-electron chi connectivity index (χ0n) is 13.7. The molecule has 2 aromatic heterocycles. The number of nitrogens with one attached hydrogen (secondary N) is 1. The highest BCUT2D eigenvalue weighted by Gasteiger charge is 2.11. The molecule has 1 N–H and O–H groups in total. The number of nitriles is 1. The average molecular weight is 335 g/mol. The van der Waals surface area contributed by atoms with Gasteiger partial charge in [0.2, 0.25) is 5.78 Å². The highest BCUT2D eigenvalue weighted by molar-refractivity contribution is 5.92. The Morgan fingerprint density at radius 1 is 1.44 bits per heavy atom. The number of benzene rings is 1. The molecule has 3 rings (SSSR count). The van der Waals surface area contributed by atoms with Crippen LogP contribution in [0.2, 0.25) is 0 Å². The molecule has 2 heterocycles. The molecule has 1 amide bonds. The summed E-state index contributed by atoms with van der Waals surface area (Å²) >= 11 is 0. The predicted octanol–water partition coefficient (Wildman–Crippen LogP) is 2.34. The van der Waals surface area contributed by atoms with Gasteiger partial charge in [-0.15, -0.1) is 0 Å². The molecule has 1 atom stereocenters. The molecule has 1 aromatic carbocycles. The van der Waals surface area contributed by atoms with Gasteiger partial charge in [0.25, 0.3) is 5.91 Å². The largest absolute Gasteiger partial charge is 0.476 e. The van der Waals surface area contributed by atoms with Gasteiger partial charge in [-0.25, -0.2) is 9.97 Å². The van der Waals surface area contributed by atoms with Gasteiger partial charge in [-0.05, 0) is 30.2 Å². The second kappa shape index (κ2) is 7.45. The Kier molecular flexibility index (Phi) is 4.90. The van der Waals surface area contributed by atoms with E-state index < -0.39 is 6.10 Å². The third-order valence-electron chi connectivity index (χ3n) is 3.61. The number of rotatable bonds is 6. The summed E-state index contributed by atoms with van der Waals surface area (Å²) in [6, 6.07) is 11.2. The number of aromatic nitrogens is 3. The number of carbonyl (C=O) groups excluding carboxylic acids is 1. The minimum Gasteiger partial charge on any atom is -0.476 e. The van der Waals surface area contributed by atoms with E-state index in [-0.39, 0.29) is 5.91 Å². The maximum atomic E-state index is 12.3. The quantitative estimate of drug-likeness (QED) is 0.746. The summed E-state index contributed by atoms with van der Waals surface area (Å²) < 4.78 is 7.28. The molecule has 0 aliphatic heterocycles. The van der Waals surface area contributed by atoms with Crippen LogP contribution in [0.15, 0.2) is 48.9 Å². The Hall–Kier alpha value is -3.40. The van der Waals surface area contributed by atoms with Gasteiger partial charge in [0.1, 0.15) is 17.5 Å². The number of nitrogens with zero attached hydrogens (tertiary/aromatic N) is 4. The van der Waals surface area contributed by atoms with Crippen LogP contribution in [0.25, 0.3) is 5.78 Å². The molecular weight excluding hydrogens is 318 g/mol. The highest BCUT2D eigenvalue weighted by atomic mass is 16.5. The zero-order valence-corrected chi connectivity index (χ0v) is 13.7. The van der Waals surface area contributed by atoms with Gasteiger partial charge < -0.3 is 10.1 Å². The summed E-state index contributed by atoms with van der Waals surface area (Å²) in [5.74, 6) is 0.808. The van der Waals surface area contributed by atoms with Crippen molar-refractivity contribution >= 4 is 11.7 Å². The fourth-order valence-electron chi connectivity index (χ4n) is 2.31. The molecule has 126 valence electrons. The lowest BCUT2D eigenvalue weighted by Crippen LogP contribution is -2.23. The van der Waals surface area contributed by atoms with Gasteiger partial charge in [-0.2, -0.15) is 5.26 Å². The summed E-state index contributed by atoms with van der Waals surface area (Å²) in [5.41, 5.74) is 1.18. The molecule has 0 spiro atoms. The monoisotopic (exact) mass is 335 g/mol. The first kappa shape index (κ1) is 16.5. The fraction of sp³-hybridized carbons (Fsp3) is 0.222. The Balaban J connectivity index is 1.65. The number of hydrogen-bond donors (Lipinski definition) is 1. The molecule has 0 radical (unpaired) electrons. The Morgan fingerprint density at radius 3 is 3.08 bits per heavy atom. The van der Waals surface area contributed by atoms with E-state index in [0.29, 0.717) is 30.2 Å². The minimum atomic E-state index is -0.477. The zero-order chi connectivity index (χ0) is 17.6. The van der Waals surface area contributed by atoms with Crippen molar-refractivity contribution in [1.82, 2.24) is 19.7 Å². The smallest absolute Gasteiger partial charge is 0.271 e. The standard InChI is InChI=1S/C18H17N5O2/c1-2-14(10-19)25-15-6-3-5-13(9-15)11-21-17(24)16-12-23-8-4-7-20-18(23)22-16/h3-9,12,14H,2,11H2,1H3,(H,21,24). The number of fused-ring (bicyclic) bond motifs is 1. The van der Waals surface area contributed by atoms with E-state index in [9.17, 15) is 4.79 Å². The first-order valence-electron chi connectivity index (χ1n) is 7.92. The summed E-state index contributed by atoms with van der Waals surface area (Å²) in [7, 11) is 0. The Labute approximate surface area is 144 Å². The van der Waals surface area contributed by atoms with Crippen molar-refractivity contribution in [3.63, 3.8) is 0 Å². The lowest BCUT2D eigenvalue weighted by atomic mass is 10.2. The molecule has 0 saturated heterocycles. The number of imidazole rings is 1. The van der Waals surface area contributed by atoms with Crippen molar-refractivity contribution in [3.8, 4) is 11.8 Å². The third kappa shape index (κ3) is 3.93. The van der Waals surface area contributed by atoms with Gasteiger partial charge in [0.15, 0.2) is 6.10 Å². The molecule has 0 bridgehead atoms. The maximum Gasteiger partial charge on any atom is 0.271 e. The molecule has 0 aliphatic carbocycles. The number of hydrogen-bond acceptors (Lipinski definition) is 5. The fourth-order valence-corrected chi connectivity index (χ4v) is 2.31. The van der Waals surface area contributed by atoms with Crippen LogP contribution in [-0.4, -0.2) is 26.4 Å². The van der Waals surface area contributed by atoms with E-state index in [1.54, 1.807) is 35.1 Å². The first-order valence-corrected chi connectivity index (χ1v) is 7.92. The van der Waals surface area contributed by atoms with Gasteiger partial charge in [-0.3, -0.25) is 9.20 Å². The molecule has 1 unspecified atom stereocenters. The summed E-state index contributed by atoms with van der Waals surface area (Å²) in [6.07, 6.45) is 5.18. The van der Waals surface area contributed by atoms with Crippen molar-refractivity contribution in [2.75, 3.05) is 0 Å². The third-order valence-corrected chi connectivity index (χ3v) is 3.61. The van der Waals surface area contributed by atoms with Crippen LogP contribution in [0.3, 0.4) is 0 Å². The van der Waals surface area contributed by atoms with E-state index in [1.807, 2.05) is 25.1 Å². The van der Waals surface area contributed by atoms with Crippen LogP contribution in [0.5, 0.6) is 5.75 Å². The number of amides is 1. The molecule has 7 nitrogen and oxygen atoms in total. The van der Waals surface area contributed by atoms with Crippen molar-refractivity contribution < 1.29 is 9.53 Å².